The number of aryl methyl sites for hydroxylation is 2. The topological polar surface area (TPSA) is 102 Å². The van der Waals surface area contributed by atoms with Gasteiger partial charge in [-0.05, 0) is 68.1 Å². The van der Waals surface area contributed by atoms with Crippen LogP contribution in [0.4, 0.5) is 5.69 Å². The second-order valence-electron chi connectivity index (χ2n) is 6.87. The second-order valence-corrected chi connectivity index (χ2v) is 8.52. The predicted octanol–water partition coefficient (Wildman–Crippen LogP) is 2.54. The Balaban J connectivity index is 1.62. The first-order chi connectivity index (χ1) is 13.2. The smallest absolute Gasteiger partial charge is 0.338 e. The highest BCUT2D eigenvalue weighted by molar-refractivity contribution is 7.92. The van der Waals surface area contributed by atoms with Crippen LogP contribution in [-0.4, -0.2) is 32.9 Å². The predicted molar refractivity (Wildman–Crippen MR) is 105 cm³/mol. The van der Waals surface area contributed by atoms with Crippen molar-refractivity contribution in [2.24, 2.45) is 0 Å². The molecule has 1 saturated carbocycles. The maximum atomic E-state index is 12.6. The molecule has 1 aliphatic carbocycles. The molecule has 0 bridgehead atoms. The molecule has 1 fully saturated rings. The van der Waals surface area contributed by atoms with Gasteiger partial charge in [0.15, 0.2) is 6.61 Å². The Morgan fingerprint density at radius 1 is 1.07 bits per heavy atom. The molecule has 28 heavy (non-hydrogen) atoms. The zero-order valence-electron chi connectivity index (χ0n) is 15.7. The zero-order valence-corrected chi connectivity index (χ0v) is 16.5. The molecule has 0 radical (unpaired) electrons. The Hall–Kier alpha value is -2.87. The van der Waals surface area contributed by atoms with Gasteiger partial charge in [0.2, 0.25) is 0 Å². The van der Waals surface area contributed by atoms with E-state index >= 15 is 0 Å². The second kappa shape index (κ2) is 8.02. The van der Waals surface area contributed by atoms with E-state index in [4.69, 9.17) is 4.74 Å². The zero-order chi connectivity index (χ0) is 20.3. The van der Waals surface area contributed by atoms with Crippen LogP contribution in [0, 0.1) is 13.8 Å². The van der Waals surface area contributed by atoms with E-state index in [0.717, 1.165) is 18.4 Å². The summed E-state index contributed by atoms with van der Waals surface area (Å²) in [4.78, 5) is 23.8. The molecule has 7 nitrogen and oxygen atoms in total. The summed E-state index contributed by atoms with van der Waals surface area (Å²) >= 11 is 0. The number of esters is 1. The molecule has 0 atom stereocenters. The van der Waals surface area contributed by atoms with Crippen molar-refractivity contribution in [3.63, 3.8) is 0 Å². The maximum Gasteiger partial charge on any atom is 0.338 e. The van der Waals surface area contributed by atoms with Crippen molar-refractivity contribution in [2.45, 2.75) is 37.6 Å². The van der Waals surface area contributed by atoms with Crippen LogP contribution in [0.15, 0.2) is 47.4 Å². The number of carbonyl (C=O) groups excluding carboxylic acids is 2. The van der Waals surface area contributed by atoms with E-state index in [2.05, 4.69) is 10.0 Å². The summed E-state index contributed by atoms with van der Waals surface area (Å²) in [5.74, 6) is -0.969. The molecule has 2 N–H and O–H groups in total. The van der Waals surface area contributed by atoms with Crippen LogP contribution in [0.5, 0.6) is 0 Å². The summed E-state index contributed by atoms with van der Waals surface area (Å²) in [6.07, 6.45) is 1.91. The number of amides is 1. The molecule has 2 aromatic rings. The SMILES string of the molecule is Cc1ccc(C)c(S(=O)(=O)Nc2ccc(C(=O)OCC(=O)NC3CC3)cc2)c1. The Kier molecular flexibility index (Phi) is 5.69. The average Bonchev–Trinajstić information content (AvgIpc) is 3.46. The van der Waals surface area contributed by atoms with Crippen molar-refractivity contribution in [1.82, 2.24) is 5.32 Å². The van der Waals surface area contributed by atoms with Gasteiger partial charge >= 0.3 is 5.97 Å². The van der Waals surface area contributed by atoms with Crippen LogP contribution >= 0.6 is 0 Å². The van der Waals surface area contributed by atoms with Gasteiger partial charge in [-0.1, -0.05) is 12.1 Å². The van der Waals surface area contributed by atoms with E-state index in [1.807, 2.05) is 13.0 Å². The summed E-state index contributed by atoms with van der Waals surface area (Å²) < 4.78 is 32.7. The molecule has 1 amide bonds. The molecule has 0 heterocycles. The van der Waals surface area contributed by atoms with Crippen molar-refractivity contribution in [3.8, 4) is 0 Å². The van der Waals surface area contributed by atoms with E-state index in [1.54, 1.807) is 19.1 Å². The van der Waals surface area contributed by atoms with E-state index in [1.165, 1.54) is 24.3 Å². The minimum absolute atomic E-state index is 0.204. The van der Waals surface area contributed by atoms with Crippen molar-refractivity contribution < 1.29 is 22.7 Å². The summed E-state index contributed by atoms with van der Waals surface area (Å²) in [7, 11) is -3.75. The van der Waals surface area contributed by atoms with Crippen molar-refractivity contribution >= 4 is 27.6 Å². The van der Waals surface area contributed by atoms with Crippen LogP contribution in [0.25, 0.3) is 0 Å². The lowest BCUT2D eigenvalue weighted by Gasteiger charge is -2.11. The van der Waals surface area contributed by atoms with Crippen molar-refractivity contribution in [1.29, 1.82) is 0 Å². The first-order valence-electron chi connectivity index (χ1n) is 8.91. The molecule has 0 aliphatic heterocycles. The highest BCUT2D eigenvalue weighted by Gasteiger charge is 2.23. The van der Waals surface area contributed by atoms with Gasteiger partial charge in [-0.25, -0.2) is 13.2 Å². The Labute approximate surface area is 164 Å². The van der Waals surface area contributed by atoms with Crippen molar-refractivity contribution in [2.75, 3.05) is 11.3 Å². The standard InChI is InChI=1S/C20H22N2O5S/c1-13-3-4-14(2)18(11-13)28(25,26)22-17-7-5-15(6-8-17)20(24)27-12-19(23)21-16-9-10-16/h3-8,11,16,22H,9-10,12H2,1-2H3,(H,21,23). The largest absolute Gasteiger partial charge is 0.452 e. The monoisotopic (exact) mass is 402 g/mol. The fourth-order valence-corrected chi connectivity index (χ4v) is 3.98. The summed E-state index contributed by atoms with van der Waals surface area (Å²) in [6, 6.07) is 11.3. The summed E-state index contributed by atoms with van der Waals surface area (Å²) in [5.41, 5.74) is 2.04. The first kappa shape index (κ1) is 19.9. The van der Waals surface area contributed by atoms with Crippen LogP contribution in [-0.2, 0) is 19.6 Å². The third-order valence-electron chi connectivity index (χ3n) is 4.28. The molecule has 148 valence electrons. The van der Waals surface area contributed by atoms with E-state index in [0.29, 0.717) is 11.3 Å². The molecule has 8 heteroatoms. The molecule has 2 aromatic carbocycles. The lowest BCUT2D eigenvalue weighted by Crippen LogP contribution is -2.30. The molecule has 0 aromatic heterocycles. The van der Waals surface area contributed by atoms with E-state index in [-0.39, 0.29) is 29.0 Å². The number of sulfonamides is 1. The molecular weight excluding hydrogens is 380 g/mol. The number of ether oxygens (including phenoxy) is 1. The van der Waals surface area contributed by atoms with Gasteiger partial charge in [0.25, 0.3) is 15.9 Å². The number of hydrogen-bond donors (Lipinski definition) is 2. The Morgan fingerprint density at radius 3 is 2.39 bits per heavy atom. The van der Waals surface area contributed by atoms with Crippen molar-refractivity contribution in [3.05, 3.63) is 59.2 Å². The number of rotatable bonds is 7. The highest BCUT2D eigenvalue weighted by Crippen LogP contribution is 2.21. The lowest BCUT2D eigenvalue weighted by molar-refractivity contribution is -0.124. The molecular formula is C20H22N2O5S. The van der Waals surface area contributed by atoms with Gasteiger partial charge in [0.05, 0.1) is 10.5 Å². The van der Waals surface area contributed by atoms with E-state index in [9.17, 15) is 18.0 Å². The molecule has 1 aliphatic rings. The molecule has 0 saturated heterocycles. The number of carbonyl (C=O) groups is 2. The maximum absolute atomic E-state index is 12.6. The molecule has 0 unspecified atom stereocenters. The van der Waals surface area contributed by atoms with E-state index < -0.39 is 16.0 Å². The fraction of sp³-hybridized carbons (Fsp3) is 0.300. The van der Waals surface area contributed by atoms with Crippen LogP contribution in [0.1, 0.15) is 34.3 Å². The van der Waals surface area contributed by atoms with Crippen LogP contribution in [0.2, 0.25) is 0 Å². The normalized spacial score (nSPS) is 13.6. The number of hydrogen-bond acceptors (Lipinski definition) is 5. The minimum Gasteiger partial charge on any atom is -0.452 e. The van der Waals surface area contributed by atoms with Gasteiger partial charge in [-0.3, -0.25) is 9.52 Å². The van der Waals surface area contributed by atoms with Gasteiger partial charge in [0.1, 0.15) is 0 Å². The minimum atomic E-state index is -3.75. The summed E-state index contributed by atoms with van der Waals surface area (Å²) in [6.45, 7) is 3.21. The highest BCUT2D eigenvalue weighted by atomic mass is 32.2. The Morgan fingerprint density at radius 2 is 1.75 bits per heavy atom. The fourth-order valence-electron chi connectivity index (χ4n) is 2.59. The Bertz CT molecular complexity index is 996. The third kappa shape index (κ3) is 5.10. The number of benzene rings is 2. The van der Waals surface area contributed by atoms with Gasteiger partial charge in [0, 0.05) is 11.7 Å². The van der Waals surface area contributed by atoms with Gasteiger partial charge in [-0.15, -0.1) is 0 Å². The summed E-state index contributed by atoms with van der Waals surface area (Å²) in [5, 5.41) is 2.73. The van der Waals surface area contributed by atoms with Gasteiger partial charge in [-0.2, -0.15) is 0 Å². The number of anilines is 1. The molecule has 0 spiro atoms. The lowest BCUT2D eigenvalue weighted by atomic mass is 10.2. The van der Waals surface area contributed by atoms with Crippen LogP contribution < -0.4 is 10.0 Å². The number of nitrogens with one attached hydrogen (secondary N) is 2. The molecule has 3 rings (SSSR count). The first-order valence-corrected chi connectivity index (χ1v) is 10.4. The third-order valence-corrected chi connectivity index (χ3v) is 5.81. The average molecular weight is 402 g/mol. The van der Waals surface area contributed by atoms with Gasteiger partial charge < -0.3 is 10.1 Å². The van der Waals surface area contributed by atoms with Crippen LogP contribution in [0.3, 0.4) is 0 Å². The quantitative estimate of drug-likeness (QED) is 0.693.